The van der Waals surface area contributed by atoms with Crippen LogP contribution in [-0.2, 0) is 23.9 Å². The third-order valence-corrected chi connectivity index (χ3v) is 2.99. The largest absolute Gasteiger partial charge is 0.459 e. The van der Waals surface area contributed by atoms with Crippen molar-refractivity contribution in [3.05, 3.63) is 0 Å². The van der Waals surface area contributed by atoms with Crippen LogP contribution >= 0.6 is 0 Å². The van der Waals surface area contributed by atoms with Crippen LogP contribution < -0.4 is 5.43 Å². The number of rotatable bonds is 3. The Hall–Kier alpha value is -1.63. The second-order valence-corrected chi connectivity index (χ2v) is 7.86. The van der Waals surface area contributed by atoms with E-state index in [0.29, 0.717) is 6.42 Å². The zero-order valence-electron chi connectivity index (χ0n) is 15.1. The van der Waals surface area contributed by atoms with Gasteiger partial charge in [-0.05, 0) is 48.0 Å². The molecule has 0 aromatic heterocycles. The van der Waals surface area contributed by atoms with Gasteiger partial charge in [0.25, 0.3) is 0 Å². The van der Waals surface area contributed by atoms with Gasteiger partial charge >= 0.3 is 11.9 Å². The van der Waals surface area contributed by atoms with Crippen LogP contribution in [0.15, 0.2) is 0 Å². The monoisotopic (exact) mass is 328 g/mol. The normalized spacial score (nSPS) is 22.7. The van der Waals surface area contributed by atoms with Gasteiger partial charge in [0.15, 0.2) is 0 Å². The van der Waals surface area contributed by atoms with Crippen LogP contribution in [0.3, 0.4) is 0 Å². The van der Waals surface area contributed by atoms with Gasteiger partial charge < -0.3 is 9.47 Å². The zero-order chi connectivity index (χ0) is 18.0. The van der Waals surface area contributed by atoms with E-state index in [1.54, 1.807) is 48.5 Å². The van der Waals surface area contributed by atoms with Gasteiger partial charge in [-0.1, -0.05) is 6.92 Å². The van der Waals surface area contributed by atoms with E-state index < -0.39 is 29.2 Å². The predicted octanol–water partition coefficient (Wildman–Crippen LogP) is 1.41. The first-order valence-electron chi connectivity index (χ1n) is 7.81. The molecule has 1 heterocycles. The van der Waals surface area contributed by atoms with Crippen molar-refractivity contribution in [2.75, 3.05) is 6.54 Å². The van der Waals surface area contributed by atoms with Gasteiger partial charge in [0.05, 0.1) is 0 Å². The summed E-state index contributed by atoms with van der Waals surface area (Å²) < 4.78 is 10.6. The Kier molecular flexibility index (Phi) is 5.79. The molecule has 1 N–H and O–H groups in total. The standard InChI is InChI=1S/C16H28N2O5/c1-10-8-11(14(21)23-16(5,6)7)17-18(13(10)20)9-12(19)22-15(2,3)4/h10-11,17H,8-9H2,1-7H3/t10-,11-/m0/s1. The molecule has 0 bridgehead atoms. The number of carbonyl (C=O) groups is 3. The van der Waals surface area contributed by atoms with E-state index in [0.717, 1.165) is 5.01 Å². The second-order valence-electron chi connectivity index (χ2n) is 7.86. The van der Waals surface area contributed by atoms with E-state index in [-0.39, 0.29) is 18.4 Å². The third kappa shape index (κ3) is 6.56. The minimum atomic E-state index is -0.663. The molecule has 7 nitrogen and oxygen atoms in total. The maximum atomic E-state index is 12.2. The van der Waals surface area contributed by atoms with Crippen molar-refractivity contribution in [2.24, 2.45) is 5.92 Å². The Balaban J connectivity index is 2.74. The molecule has 132 valence electrons. The molecule has 1 aliphatic rings. The second kappa shape index (κ2) is 6.86. The first-order chi connectivity index (χ1) is 10.3. The number of hydrazine groups is 1. The van der Waals surface area contributed by atoms with E-state index in [1.165, 1.54) is 0 Å². The lowest BCUT2D eigenvalue weighted by Crippen LogP contribution is -2.60. The molecule has 0 aromatic rings. The molecule has 0 saturated carbocycles. The van der Waals surface area contributed by atoms with E-state index >= 15 is 0 Å². The SMILES string of the molecule is C[C@H]1C[C@@H](C(=O)OC(C)(C)C)NN(CC(=O)OC(C)(C)C)C1=O. The molecule has 1 fully saturated rings. The lowest BCUT2D eigenvalue weighted by molar-refractivity contribution is -0.170. The molecule has 1 aliphatic heterocycles. The molecule has 0 radical (unpaired) electrons. The van der Waals surface area contributed by atoms with Gasteiger partial charge in [-0.2, -0.15) is 0 Å². The summed E-state index contributed by atoms with van der Waals surface area (Å²) in [5.41, 5.74) is 1.54. The number of nitrogens with zero attached hydrogens (tertiary/aromatic N) is 1. The van der Waals surface area contributed by atoms with Gasteiger partial charge in [-0.15, -0.1) is 0 Å². The molecule has 1 rings (SSSR count). The number of nitrogens with one attached hydrogen (secondary N) is 1. The molecule has 0 spiro atoms. The number of ether oxygens (including phenoxy) is 2. The highest BCUT2D eigenvalue weighted by Crippen LogP contribution is 2.19. The molecular formula is C16H28N2O5. The van der Waals surface area contributed by atoms with Gasteiger partial charge in [0.2, 0.25) is 5.91 Å². The van der Waals surface area contributed by atoms with Crippen LogP contribution in [-0.4, -0.2) is 46.6 Å². The summed E-state index contributed by atoms with van der Waals surface area (Å²) in [5, 5.41) is 1.15. The number of esters is 2. The summed E-state index contributed by atoms with van der Waals surface area (Å²) >= 11 is 0. The van der Waals surface area contributed by atoms with Crippen LogP contribution in [0.25, 0.3) is 0 Å². The van der Waals surface area contributed by atoms with Crippen molar-refractivity contribution < 1.29 is 23.9 Å². The van der Waals surface area contributed by atoms with Crippen molar-refractivity contribution in [1.29, 1.82) is 0 Å². The van der Waals surface area contributed by atoms with Crippen LogP contribution in [0.4, 0.5) is 0 Å². The quantitative estimate of drug-likeness (QED) is 0.789. The van der Waals surface area contributed by atoms with Gasteiger partial charge in [0, 0.05) is 5.92 Å². The van der Waals surface area contributed by atoms with Crippen molar-refractivity contribution >= 4 is 17.8 Å². The van der Waals surface area contributed by atoms with Gasteiger partial charge in [-0.3, -0.25) is 19.4 Å². The van der Waals surface area contributed by atoms with Crippen molar-refractivity contribution in [2.45, 2.75) is 72.1 Å². The van der Waals surface area contributed by atoms with Crippen LogP contribution in [0.2, 0.25) is 0 Å². The molecule has 1 saturated heterocycles. The van der Waals surface area contributed by atoms with Gasteiger partial charge in [0.1, 0.15) is 23.8 Å². The highest BCUT2D eigenvalue weighted by molar-refractivity contribution is 5.86. The van der Waals surface area contributed by atoms with E-state index in [4.69, 9.17) is 9.47 Å². The number of hydrogen-bond acceptors (Lipinski definition) is 6. The maximum absolute atomic E-state index is 12.2. The summed E-state index contributed by atoms with van der Waals surface area (Å²) in [4.78, 5) is 36.3. The lowest BCUT2D eigenvalue weighted by Gasteiger charge is -2.36. The fraction of sp³-hybridized carbons (Fsp3) is 0.812. The molecule has 1 amide bonds. The highest BCUT2D eigenvalue weighted by Gasteiger charge is 2.38. The van der Waals surface area contributed by atoms with Crippen LogP contribution in [0, 0.1) is 5.92 Å². The Morgan fingerprint density at radius 3 is 2.13 bits per heavy atom. The first kappa shape index (κ1) is 19.4. The third-order valence-electron chi connectivity index (χ3n) is 2.99. The fourth-order valence-corrected chi connectivity index (χ4v) is 2.17. The lowest BCUT2D eigenvalue weighted by atomic mass is 9.98. The first-order valence-corrected chi connectivity index (χ1v) is 7.81. The summed E-state index contributed by atoms with van der Waals surface area (Å²) in [6, 6.07) is -0.663. The van der Waals surface area contributed by atoms with Crippen molar-refractivity contribution in [1.82, 2.24) is 10.4 Å². The summed E-state index contributed by atoms with van der Waals surface area (Å²) in [5.74, 6) is -1.59. The average Bonchev–Trinajstić information content (AvgIpc) is 2.29. The summed E-state index contributed by atoms with van der Waals surface area (Å²) in [6.45, 7) is 12.1. The molecular weight excluding hydrogens is 300 g/mol. The Bertz CT molecular complexity index is 476. The average molecular weight is 328 g/mol. The Labute approximate surface area is 137 Å². The van der Waals surface area contributed by atoms with Gasteiger partial charge in [-0.25, -0.2) is 5.43 Å². The minimum absolute atomic E-state index is 0.240. The van der Waals surface area contributed by atoms with Crippen LogP contribution in [0.1, 0.15) is 54.9 Å². The summed E-state index contributed by atoms with van der Waals surface area (Å²) in [6.07, 6.45) is 0.332. The molecule has 2 atom stereocenters. The predicted molar refractivity (Wildman–Crippen MR) is 84.1 cm³/mol. The minimum Gasteiger partial charge on any atom is -0.459 e. The topological polar surface area (TPSA) is 84.9 Å². The number of hydrogen-bond donors (Lipinski definition) is 1. The van der Waals surface area contributed by atoms with Crippen LogP contribution in [0.5, 0.6) is 0 Å². The molecule has 7 heteroatoms. The Morgan fingerprint density at radius 2 is 1.65 bits per heavy atom. The smallest absolute Gasteiger partial charge is 0.327 e. The molecule has 0 aromatic carbocycles. The number of carbonyl (C=O) groups excluding carboxylic acids is 3. The molecule has 0 unspecified atom stereocenters. The molecule has 23 heavy (non-hydrogen) atoms. The summed E-state index contributed by atoms with van der Waals surface area (Å²) in [7, 11) is 0. The maximum Gasteiger partial charge on any atom is 0.327 e. The van der Waals surface area contributed by atoms with E-state index in [2.05, 4.69) is 5.43 Å². The zero-order valence-corrected chi connectivity index (χ0v) is 15.1. The van der Waals surface area contributed by atoms with E-state index in [1.807, 2.05) is 0 Å². The van der Waals surface area contributed by atoms with E-state index in [9.17, 15) is 14.4 Å². The highest BCUT2D eigenvalue weighted by atomic mass is 16.6. The molecule has 0 aliphatic carbocycles. The number of amides is 1. The van der Waals surface area contributed by atoms with Crippen molar-refractivity contribution in [3.8, 4) is 0 Å². The Morgan fingerprint density at radius 1 is 1.13 bits per heavy atom. The van der Waals surface area contributed by atoms with Crippen molar-refractivity contribution in [3.63, 3.8) is 0 Å². The fourth-order valence-electron chi connectivity index (χ4n) is 2.17.